The average Bonchev–Trinajstić information content (AvgIpc) is 3.09. The van der Waals surface area contributed by atoms with Gasteiger partial charge in [-0.1, -0.05) is 42.5 Å². The Morgan fingerprint density at radius 3 is 2.09 bits per heavy atom. The molecule has 1 aliphatic heterocycles. The third kappa shape index (κ3) is 4.20. The molecule has 0 fully saturated rings. The highest BCUT2D eigenvalue weighted by molar-refractivity contribution is 7.90. The number of sulfone groups is 1. The van der Waals surface area contributed by atoms with Gasteiger partial charge in [0.1, 0.15) is 17.3 Å². The third-order valence-electron chi connectivity index (χ3n) is 5.03. The lowest BCUT2D eigenvalue weighted by atomic mass is 9.94. The number of ether oxygens (including phenoxy) is 2. The van der Waals surface area contributed by atoms with E-state index in [1.807, 2.05) is 18.2 Å². The van der Waals surface area contributed by atoms with Gasteiger partial charge in [-0.05, 0) is 47.5 Å². The Balaban J connectivity index is 1.94. The van der Waals surface area contributed by atoms with Crippen LogP contribution < -0.4 is 4.74 Å². The van der Waals surface area contributed by atoms with Gasteiger partial charge in [-0.25, -0.2) is 17.6 Å². The summed E-state index contributed by atoms with van der Waals surface area (Å²) < 4.78 is 48.2. The van der Waals surface area contributed by atoms with Gasteiger partial charge in [0, 0.05) is 17.4 Å². The minimum absolute atomic E-state index is 0.158. The Kier molecular flexibility index (Phi) is 5.67. The fraction of sp³-hybridized carbons (Fsp3) is 0.0800. The number of methoxy groups -OCH3 is 1. The number of allylic oxidation sites excluding steroid dienone is 1. The van der Waals surface area contributed by atoms with E-state index in [0.717, 1.165) is 6.26 Å². The van der Waals surface area contributed by atoms with Crippen LogP contribution in [-0.2, 0) is 19.4 Å². The van der Waals surface area contributed by atoms with Gasteiger partial charge in [-0.2, -0.15) is 0 Å². The fourth-order valence-electron chi connectivity index (χ4n) is 3.49. The largest absolute Gasteiger partial charge is 0.496 e. The van der Waals surface area contributed by atoms with Crippen LogP contribution >= 0.6 is 0 Å². The maximum absolute atomic E-state index is 13.5. The van der Waals surface area contributed by atoms with E-state index in [0.29, 0.717) is 28.0 Å². The standard InChI is InChI=1S/C25H19FO5S/c1-30-21-6-4-3-5-18(21)15-22-23(16-9-13-20(14-10-16)32(2,28)29)24(25(27)31-22)17-7-11-19(26)12-8-17/h3-15H,1-2H3/b22-15-. The molecule has 0 saturated heterocycles. The second-order valence-corrected chi connectivity index (χ2v) is 9.21. The Morgan fingerprint density at radius 1 is 0.875 bits per heavy atom. The van der Waals surface area contributed by atoms with Crippen molar-refractivity contribution >= 4 is 33.0 Å². The van der Waals surface area contributed by atoms with E-state index < -0.39 is 21.6 Å². The van der Waals surface area contributed by atoms with Crippen molar-refractivity contribution in [1.82, 2.24) is 0 Å². The summed E-state index contributed by atoms with van der Waals surface area (Å²) in [6, 6.07) is 19.0. The van der Waals surface area contributed by atoms with Gasteiger partial charge >= 0.3 is 5.97 Å². The highest BCUT2D eigenvalue weighted by Gasteiger charge is 2.32. The molecule has 1 aliphatic rings. The van der Waals surface area contributed by atoms with Crippen molar-refractivity contribution < 1.29 is 27.1 Å². The van der Waals surface area contributed by atoms with Crippen LogP contribution in [-0.4, -0.2) is 27.8 Å². The number of benzene rings is 3. The molecule has 0 unspecified atom stereocenters. The second-order valence-electron chi connectivity index (χ2n) is 7.19. The van der Waals surface area contributed by atoms with Crippen LogP contribution in [0.4, 0.5) is 4.39 Å². The number of carbonyl (C=O) groups excluding carboxylic acids is 1. The summed E-state index contributed by atoms with van der Waals surface area (Å²) in [5.74, 6) is -0.131. The van der Waals surface area contributed by atoms with Gasteiger partial charge < -0.3 is 9.47 Å². The summed E-state index contributed by atoms with van der Waals surface area (Å²) in [4.78, 5) is 13.0. The molecule has 0 spiro atoms. The Morgan fingerprint density at radius 2 is 1.47 bits per heavy atom. The molecule has 3 aromatic carbocycles. The van der Waals surface area contributed by atoms with Gasteiger partial charge in [0.05, 0.1) is 17.6 Å². The average molecular weight is 450 g/mol. The molecule has 0 atom stereocenters. The maximum atomic E-state index is 13.5. The number of halogens is 1. The molecule has 0 radical (unpaired) electrons. The highest BCUT2D eigenvalue weighted by atomic mass is 32.2. The van der Waals surface area contributed by atoms with Crippen LogP contribution in [0.3, 0.4) is 0 Å². The normalized spacial score (nSPS) is 15.2. The highest BCUT2D eigenvalue weighted by Crippen LogP contribution is 2.41. The van der Waals surface area contributed by atoms with Gasteiger partial charge in [-0.15, -0.1) is 0 Å². The van der Waals surface area contributed by atoms with E-state index >= 15 is 0 Å². The number of cyclic esters (lactones) is 1. The van der Waals surface area contributed by atoms with Crippen molar-refractivity contribution in [1.29, 1.82) is 0 Å². The Labute approximate surface area is 185 Å². The summed E-state index contributed by atoms with van der Waals surface area (Å²) in [6.45, 7) is 0. The lowest BCUT2D eigenvalue weighted by molar-refractivity contribution is -0.131. The molecule has 0 aromatic heterocycles. The van der Waals surface area contributed by atoms with E-state index in [9.17, 15) is 17.6 Å². The monoisotopic (exact) mass is 450 g/mol. The van der Waals surface area contributed by atoms with E-state index in [1.165, 1.54) is 36.4 Å². The molecule has 5 nitrogen and oxygen atoms in total. The topological polar surface area (TPSA) is 69.7 Å². The van der Waals surface area contributed by atoms with Crippen LogP contribution in [0, 0.1) is 5.82 Å². The van der Waals surface area contributed by atoms with Crippen molar-refractivity contribution in [2.75, 3.05) is 13.4 Å². The Bertz CT molecular complexity index is 1350. The fourth-order valence-corrected chi connectivity index (χ4v) is 4.12. The third-order valence-corrected chi connectivity index (χ3v) is 6.16. The molecule has 3 aromatic rings. The van der Waals surface area contributed by atoms with Crippen molar-refractivity contribution in [3.05, 3.63) is 101 Å². The first kappa shape index (κ1) is 21.5. The summed E-state index contributed by atoms with van der Waals surface area (Å²) in [7, 11) is -1.84. The summed E-state index contributed by atoms with van der Waals surface area (Å²) in [5.41, 5.74) is 2.51. The quantitative estimate of drug-likeness (QED) is 0.525. The van der Waals surface area contributed by atoms with Gasteiger partial charge in [0.15, 0.2) is 9.84 Å². The number of para-hydroxylation sites is 1. The molecule has 0 aliphatic carbocycles. The molecule has 4 rings (SSSR count). The molecule has 7 heteroatoms. The van der Waals surface area contributed by atoms with Crippen LogP contribution in [0.1, 0.15) is 16.7 Å². The number of hydrogen-bond acceptors (Lipinski definition) is 5. The number of rotatable bonds is 5. The maximum Gasteiger partial charge on any atom is 0.344 e. The van der Waals surface area contributed by atoms with Gasteiger partial charge in [-0.3, -0.25) is 0 Å². The van der Waals surface area contributed by atoms with Crippen molar-refractivity contribution in [3.8, 4) is 5.75 Å². The molecule has 0 amide bonds. The number of carbonyl (C=O) groups is 1. The van der Waals surface area contributed by atoms with E-state index in [4.69, 9.17) is 9.47 Å². The minimum Gasteiger partial charge on any atom is -0.496 e. The van der Waals surface area contributed by atoms with Crippen LogP contribution in [0.2, 0.25) is 0 Å². The molecular formula is C25H19FO5S. The molecule has 0 bridgehead atoms. The predicted octanol–water partition coefficient (Wildman–Crippen LogP) is 4.75. The zero-order valence-corrected chi connectivity index (χ0v) is 18.1. The van der Waals surface area contributed by atoms with Crippen LogP contribution in [0.15, 0.2) is 83.5 Å². The molecule has 0 saturated carbocycles. The lowest BCUT2D eigenvalue weighted by Crippen LogP contribution is -1.98. The smallest absolute Gasteiger partial charge is 0.344 e. The Hall–Kier alpha value is -3.71. The molecule has 32 heavy (non-hydrogen) atoms. The molecule has 1 heterocycles. The molecule has 0 N–H and O–H groups in total. The molecule has 162 valence electrons. The van der Waals surface area contributed by atoms with Crippen molar-refractivity contribution in [2.24, 2.45) is 0 Å². The first-order chi connectivity index (χ1) is 15.3. The first-order valence-electron chi connectivity index (χ1n) is 9.66. The van der Waals surface area contributed by atoms with E-state index in [-0.39, 0.29) is 16.2 Å². The molecular weight excluding hydrogens is 431 g/mol. The second kappa shape index (κ2) is 8.43. The summed E-state index contributed by atoms with van der Waals surface area (Å²) in [6.07, 6.45) is 2.81. The van der Waals surface area contributed by atoms with Crippen LogP contribution in [0.25, 0.3) is 17.2 Å². The minimum atomic E-state index is -3.38. The first-order valence-corrected chi connectivity index (χ1v) is 11.5. The van der Waals surface area contributed by atoms with E-state index in [2.05, 4.69) is 0 Å². The zero-order chi connectivity index (χ0) is 22.9. The van der Waals surface area contributed by atoms with Gasteiger partial charge in [0.25, 0.3) is 0 Å². The number of esters is 1. The predicted molar refractivity (Wildman–Crippen MR) is 120 cm³/mol. The SMILES string of the molecule is COc1ccccc1/C=C1\OC(=O)C(c2ccc(F)cc2)=C1c1ccc(S(C)(=O)=O)cc1. The summed E-state index contributed by atoms with van der Waals surface area (Å²) in [5, 5.41) is 0. The lowest BCUT2D eigenvalue weighted by Gasteiger charge is -2.09. The van der Waals surface area contributed by atoms with Gasteiger partial charge in [0.2, 0.25) is 0 Å². The van der Waals surface area contributed by atoms with E-state index in [1.54, 1.807) is 31.4 Å². The van der Waals surface area contributed by atoms with Crippen LogP contribution in [0.5, 0.6) is 5.75 Å². The zero-order valence-electron chi connectivity index (χ0n) is 17.3. The summed E-state index contributed by atoms with van der Waals surface area (Å²) >= 11 is 0. The van der Waals surface area contributed by atoms with Crippen molar-refractivity contribution in [3.63, 3.8) is 0 Å². The van der Waals surface area contributed by atoms with Crippen molar-refractivity contribution in [2.45, 2.75) is 4.90 Å². The number of hydrogen-bond donors (Lipinski definition) is 0.